The lowest BCUT2D eigenvalue weighted by atomic mass is 10.0. The van der Waals surface area contributed by atoms with E-state index in [-0.39, 0.29) is 6.42 Å². The molecule has 0 aliphatic heterocycles. The van der Waals surface area contributed by atoms with Gasteiger partial charge in [0.15, 0.2) is 0 Å². The number of hydrogen-bond acceptors (Lipinski definition) is 3. The summed E-state index contributed by atoms with van der Waals surface area (Å²) in [6.45, 7) is 4.19. The molecule has 0 heterocycles. The summed E-state index contributed by atoms with van der Waals surface area (Å²) < 4.78 is 32.2. The molecule has 0 aromatic heterocycles. The Kier molecular flexibility index (Phi) is 15.1. The summed E-state index contributed by atoms with van der Waals surface area (Å²) in [5.74, 6) is 0. The number of hydrogen-bond donors (Lipinski definition) is 2. The van der Waals surface area contributed by atoms with Gasteiger partial charge in [0, 0.05) is 0 Å². The van der Waals surface area contributed by atoms with E-state index in [2.05, 4.69) is 6.92 Å². The van der Waals surface area contributed by atoms with Crippen molar-refractivity contribution in [2.24, 2.45) is 0 Å². The van der Waals surface area contributed by atoms with Crippen LogP contribution in [0.1, 0.15) is 110 Å². The summed E-state index contributed by atoms with van der Waals surface area (Å²) in [7, 11) is -4.05. The third kappa shape index (κ3) is 14.2. The van der Waals surface area contributed by atoms with Gasteiger partial charge in [-0.2, -0.15) is 8.42 Å². The van der Waals surface area contributed by atoms with E-state index in [0.717, 1.165) is 25.7 Å². The summed E-state index contributed by atoms with van der Waals surface area (Å²) in [6, 6.07) is 0. The molecule has 0 bridgehead atoms. The Labute approximate surface area is 150 Å². The van der Waals surface area contributed by atoms with Gasteiger partial charge in [-0.1, -0.05) is 90.9 Å². The van der Waals surface area contributed by atoms with Gasteiger partial charge < -0.3 is 5.11 Å². The molecular weight excluding hydrogens is 324 g/mol. The van der Waals surface area contributed by atoms with Gasteiger partial charge in [0.1, 0.15) is 0 Å². The standard InChI is InChI=1S/C19H40O4S/c1-3-5-6-7-8-9-10-11-12-13-14-16-19(24(21,22)23)17-18(20)15-4-2/h18-20H,3-17H2,1-2H3,(H,21,22,23). The van der Waals surface area contributed by atoms with Crippen molar-refractivity contribution in [1.82, 2.24) is 0 Å². The lowest BCUT2D eigenvalue weighted by Gasteiger charge is -2.17. The van der Waals surface area contributed by atoms with E-state index in [1.165, 1.54) is 51.4 Å². The van der Waals surface area contributed by atoms with Crippen LogP contribution >= 0.6 is 0 Å². The molecule has 0 rings (SSSR count). The highest BCUT2D eigenvalue weighted by Gasteiger charge is 2.25. The van der Waals surface area contributed by atoms with E-state index in [4.69, 9.17) is 0 Å². The number of aliphatic hydroxyl groups is 1. The highest BCUT2D eigenvalue weighted by atomic mass is 32.2. The predicted octanol–water partition coefficient (Wildman–Crippen LogP) is 5.50. The van der Waals surface area contributed by atoms with Crippen LogP contribution in [0.25, 0.3) is 0 Å². The summed E-state index contributed by atoms with van der Waals surface area (Å²) in [5, 5.41) is 8.98. The molecule has 0 aliphatic carbocycles. The first-order valence-electron chi connectivity index (χ1n) is 10.1. The Bertz CT molecular complexity index is 368. The van der Waals surface area contributed by atoms with Crippen LogP contribution in [0, 0.1) is 0 Å². The average molecular weight is 365 g/mol. The molecule has 0 aromatic rings. The maximum atomic E-state index is 11.4. The van der Waals surface area contributed by atoms with Crippen LogP contribution in [-0.2, 0) is 10.1 Å². The molecular formula is C19H40O4S. The lowest BCUT2D eigenvalue weighted by molar-refractivity contribution is 0.149. The Morgan fingerprint density at radius 3 is 1.58 bits per heavy atom. The second kappa shape index (κ2) is 15.2. The number of unbranched alkanes of at least 4 members (excludes halogenated alkanes) is 10. The topological polar surface area (TPSA) is 74.6 Å². The van der Waals surface area contributed by atoms with Crippen molar-refractivity contribution in [2.45, 2.75) is 122 Å². The molecule has 0 radical (unpaired) electrons. The molecule has 2 N–H and O–H groups in total. The third-order valence-corrected chi connectivity index (χ3v) is 5.98. The molecule has 0 spiro atoms. The number of rotatable bonds is 17. The SMILES string of the molecule is CCCCCCCCCCCCCC(CC(O)CCC)S(=O)(=O)O. The van der Waals surface area contributed by atoms with E-state index >= 15 is 0 Å². The van der Waals surface area contributed by atoms with Crippen molar-refractivity contribution in [1.29, 1.82) is 0 Å². The molecule has 0 aliphatic rings. The second-order valence-corrected chi connectivity index (χ2v) is 8.84. The normalized spacial score (nSPS) is 14.7. The average Bonchev–Trinajstić information content (AvgIpc) is 2.50. The van der Waals surface area contributed by atoms with Gasteiger partial charge >= 0.3 is 0 Å². The summed E-state index contributed by atoms with van der Waals surface area (Å²) in [4.78, 5) is 0. The van der Waals surface area contributed by atoms with Crippen LogP contribution in [0.5, 0.6) is 0 Å². The number of aliphatic hydroxyl groups excluding tert-OH is 1. The first-order chi connectivity index (χ1) is 11.4. The monoisotopic (exact) mass is 364 g/mol. The van der Waals surface area contributed by atoms with Crippen LogP contribution in [0.4, 0.5) is 0 Å². The Balaban J connectivity index is 3.70. The first-order valence-corrected chi connectivity index (χ1v) is 11.6. The van der Waals surface area contributed by atoms with Crippen molar-refractivity contribution < 1.29 is 18.1 Å². The fourth-order valence-electron chi connectivity index (χ4n) is 3.18. The van der Waals surface area contributed by atoms with Crippen LogP contribution in [0.2, 0.25) is 0 Å². The van der Waals surface area contributed by atoms with Crippen molar-refractivity contribution >= 4 is 10.1 Å². The quantitative estimate of drug-likeness (QED) is 0.264. The molecule has 146 valence electrons. The minimum absolute atomic E-state index is 0.157. The maximum absolute atomic E-state index is 11.4. The Morgan fingerprint density at radius 1 is 0.708 bits per heavy atom. The zero-order chi connectivity index (χ0) is 18.3. The zero-order valence-corrected chi connectivity index (χ0v) is 16.7. The molecule has 2 unspecified atom stereocenters. The van der Waals surface area contributed by atoms with Gasteiger partial charge in [0.2, 0.25) is 0 Å². The smallest absolute Gasteiger partial charge is 0.267 e. The van der Waals surface area contributed by atoms with Crippen LogP contribution in [0.15, 0.2) is 0 Å². The lowest BCUT2D eigenvalue weighted by Crippen LogP contribution is -2.26. The van der Waals surface area contributed by atoms with Gasteiger partial charge in [-0.05, 0) is 19.3 Å². The minimum atomic E-state index is -4.05. The fraction of sp³-hybridized carbons (Fsp3) is 1.00. The molecule has 2 atom stereocenters. The molecule has 0 saturated carbocycles. The van der Waals surface area contributed by atoms with Gasteiger partial charge in [-0.3, -0.25) is 4.55 Å². The van der Waals surface area contributed by atoms with Gasteiger partial charge in [0.05, 0.1) is 11.4 Å². The highest BCUT2D eigenvalue weighted by molar-refractivity contribution is 7.86. The second-order valence-electron chi connectivity index (χ2n) is 7.14. The molecule has 0 aromatic carbocycles. The predicted molar refractivity (Wildman–Crippen MR) is 102 cm³/mol. The highest BCUT2D eigenvalue weighted by Crippen LogP contribution is 2.19. The Morgan fingerprint density at radius 2 is 1.17 bits per heavy atom. The molecule has 0 fully saturated rings. The van der Waals surface area contributed by atoms with Gasteiger partial charge in [0.25, 0.3) is 10.1 Å². The zero-order valence-electron chi connectivity index (χ0n) is 15.9. The van der Waals surface area contributed by atoms with Gasteiger partial charge in [-0.15, -0.1) is 0 Å². The summed E-state index contributed by atoms with van der Waals surface area (Å²) in [6.07, 6.45) is 14.8. The molecule has 0 amide bonds. The Hall–Kier alpha value is -0.130. The van der Waals surface area contributed by atoms with Crippen LogP contribution < -0.4 is 0 Å². The molecule has 24 heavy (non-hydrogen) atoms. The molecule has 5 heteroatoms. The van der Waals surface area contributed by atoms with E-state index < -0.39 is 21.5 Å². The fourth-order valence-corrected chi connectivity index (χ4v) is 4.11. The van der Waals surface area contributed by atoms with E-state index in [0.29, 0.717) is 12.8 Å². The van der Waals surface area contributed by atoms with Crippen LogP contribution in [0.3, 0.4) is 0 Å². The van der Waals surface area contributed by atoms with E-state index in [1.807, 2.05) is 6.92 Å². The largest absolute Gasteiger partial charge is 0.393 e. The molecule has 0 saturated heterocycles. The van der Waals surface area contributed by atoms with Crippen molar-refractivity contribution in [3.8, 4) is 0 Å². The van der Waals surface area contributed by atoms with Crippen molar-refractivity contribution in [2.75, 3.05) is 0 Å². The van der Waals surface area contributed by atoms with Crippen molar-refractivity contribution in [3.63, 3.8) is 0 Å². The van der Waals surface area contributed by atoms with E-state index in [1.54, 1.807) is 0 Å². The minimum Gasteiger partial charge on any atom is -0.393 e. The molecule has 4 nitrogen and oxygen atoms in total. The maximum Gasteiger partial charge on any atom is 0.267 e. The first kappa shape index (κ1) is 23.9. The van der Waals surface area contributed by atoms with E-state index in [9.17, 15) is 18.1 Å². The summed E-state index contributed by atoms with van der Waals surface area (Å²) in [5.41, 5.74) is 0. The van der Waals surface area contributed by atoms with Crippen LogP contribution in [-0.4, -0.2) is 29.4 Å². The van der Waals surface area contributed by atoms with Crippen molar-refractivity contribution in [3.05, 3.63) is 0 Å². The third-order valence-electron chi connectivity index (χ3n) is 4.71. The summed E-state index contributed by atoms with van der Waals surface area (Å²) >= 11 is 0. The van der Waals surface area contributed by atoms with Gasteiger partial charge in [-0.25, -0.2) is 0 Å².